The number of alkyl halides is 1. The fourth-order valence-corrected chi connectivity index (χ4v) is 2.02. The molecule has 1 aromatic carbocycles. The van der Waals surface area contributed by atoms with Crippen LogP contribution in [0.2, 0.25) is 0 Å². The summed E-state index contributed by atoms with van der Waals surface area (Å²) in [6, 6.07) is 6.57. The molecule has 2 nitrogen and oxygen atoms in total. The first-order valence-corrected chi connectivity index (χ1v) is 5.96. The van der Waals surface area contributed by atoms with Crippen LogP contribution in [0.5, 0.6) is 0 Å². The Balaban J connectivity index is 2.37. The van der Waals surface area contributed by atoms with Crippen LogP contribution in [0.4, 0.5) is 0 Å². The molecule has 1 unspecified atom stereocenters. The molecule has 1 aromatic rings. The van der Waals surface area contributed by atoms with Crippen molar-refractivity contribution in [3.8, 4) is 0 Å². The van der Waals surface area contributed by atoms with Crippen LogP contribution in [0.25, 0.3) is 0 Å². The molecule has 0 saturated carbocycles. The number of hydrogen-bond acceptors (Lipinski definition) is 2. The summed E-state index contributed by atoms with van der Waals surface area (Å²) >= 11 is 6.02. The van der Waals surface area contributed by atoms with Gasteiger partial charge in [-0.1, -0.05) is 29.3 Å². The van der Waals surface area contributed by atoms with Gasteiger partial charge in [-0.15, -0.1) is 11.6 Å². The maximum Gasteiger partial charge on any atom is 0.0694 e. The lowest BCUT2D eigenvalue weighted by Crippen LogP contribution is -2.25. The van der Waals surface area contributed by atoms with Gasteiger partial charge >= 0.3 is 0 Å². The first-order chi connectivity index (χ1) is 7.61. The highest BCUT2D eigenvalue weighted by atomic mass is 35.5. The molecular formula is C13H20ClNO. The Bertz CT molecular complexity index is 307. The van der Waals surface area contributed by atoms with Crippen molar-refractivity contribution in [2.24, 2.45) is 0 Å². The molecule has 0 fully saturated rings. The van der Waals surface area contributed by atoms with E-state index in [0.717, 1.165) is 13.1 Å². The third kappa shape index (κ3) is 4.97. The quantitative estimate of drug-likeness (QED) is 0.774. The lowest BCUT2D eigenvalue weighted by molar-refractivity contribution is 0.197. The van der Waals surface area contributed by atoms with Gasteiger partial charge in [-0.25, -0.2) is 0 Å². The van der Waals surface area contributed by atoms with Crippen molar-refractivity contribution in [2.75, 3.05) is 20.3 Å². The number of hydrogen-bond donors (Lipinski definition) is 1. The highest BCUT2D eigenvalue weighted by Crippen LogP contribution is 2.08. The molecule has 0 aliphatic heterocycles. The van der Waals surface area contributed by atoms with Gasteiger partial charge in [0.1, 0.15) is 0 Å². The van der Waals surface area contributed by atoms with Crippen LogP contribution in [0.15, 0.2) is 18.2 Å². The van der Waals surface area contributed by atoms with Gasteiger partial charge in [0, 0.05) is 20.2 Å². The number of halogens is 1. The van der Waals surface area contributed by atoms with E-state index in [-0.39, 0.29) is 5.38 Å². The largest absolute Gasteiger partial charge is 0.383 e. The lowest BCUT2D eigenvalue weighted by atomic mass is 10.1. The summed E-state index contributed by atoms with van der Waals surface area (Å²) in [6.07, 6.45) is 0. The molecule has 1 rings (SSSR count). The number of rotatable bonds is 6. The van der Waals surface area contributed by atoms with Gasteiger partial charge in [0.15, 0.2) is 0 Å². The Morgan fingerprint density at radius 2 is 1.88 bits per heavy atom. The molecule has 0 aliphatic rings. The van der Waals surface area contributed by atoms with Crippen molar-refractivity contribution in [3.63, 3.8) is 0 Å². The van der Waals surface area contributed by atoms with Crippen LogP contribution in [-0.4, -0.2) is 25.6 Å². The zero-order valence-electron chi connectivity index (χ0n) is 10.2. The molecule has 3 heteroatoms. The van der Waals surface area contributed by atoms with Crippen molar-refractivity contribution in [1.82, 2.24) is 5.32 Å². The first kappa shape index (κ1) is 13.5. The molecule has 0 aromatic heterocycles. The molecule has 0 bridgehead atoms. The molecule has 0 aliphatic carbocycles. The second-order valence-corrected chi connectivity index (χ2v) is 4.80. The van der Waals surface area contributed by atoms with E-state index in [0.29, 0.717) is 6.61 Å². The van der Waals surface area contributed by atoms with Crippen LogP contribution in [-0.2, 0) is 11.3 Å². The Morgan fingerprint density at radius 1 is 1.25 bits per heavy atom. The van der Waals surface area contributed by atoms with E-state index in [1.807, 2.05) is 0 Å². The predicted octanol–water partition coefficient (Wildman–Crippen LogP) is 2.65. The normalized spacial score (nSPS) is 12.8. The van der Waals surface area contributed by atoms with Gasteiger partial charge < -0.3 is 10.1 Å². The maximum absolute atomic E-state index is 6.02. The third-order valence-corrected chi connectivity index (χ3v) is 2.60. The molecule has 0 spiro atoms. The number of methoxy groups -OCH3 is 1. The first-order valence-electron chi connectivity index (χ1n) is 5.52. The molecule has 0 amide bonds. The van der Waals surface area contributed by atoms with Gasteiger partial charge in [0.05, 0.1) is 12.0 Å². The van der Waals surface area contributed by atoms with Crippen LogP contribution in [0.3, 0.4) is 0 Å². The zero-order valence-corrected chi connectivity index (χ0v) is 11.0. The molecule has 1 N–H and O–H groups in total. The Labute approximate surface area is 103 Å². The van der Waals surface area contributed by atoms with Gasteiger partial charge in [0.25, 0.3) is 0 Å². The monoisotopic (exact) mass is 241 g/mol. The third-order valence-electron chi connectivity index (χ3n) is 2.32. The topological polar surface area (TPSA) is 21.3 Å². The fraction of sp³-hybridized carbons (Fsp3) is 0.538. The summed E-state index contributed by atoms with van der Waals surface area (Å²) in [5, 5.41) is 3.37. The average Bonchev–Trinajstić information content (AvgIpc) is 2.16. The maximum atomic E-state index is 6.02. The smallest absolute Gasteiger partial charge is 0.0694 e. The average molecular weight is 242 g/mol. The number of nitrogens with one attached hydrogen (secondary N) is 1. The molecular weight excluding hydrogens is 222 g/mol. The van der Waals surface area contributed by atoms with E-state index < -0.39 is 0 Å². The standard InChI is InChI=1S/C13H20ClNO/c1-10-4-11(2)6-12(5-10)7-15-8-13(14)9-16-3/h4-6,13,15H,7-9H2,1-3H3. The Hall–Kier alpha value is -0.570. The minimum Gasteiger partial charge on any atom is -0.383 e. The van der Waals surface area contributed by atoms with E-state index in [4.69, 9.17) is 16.3 Å². The van der Waals surface area contributed by atoms with Crippen LogP contribution in [0.1, 0.15) is 16.7 Å². The molecule has 1 atom stereocenters. The van der Waals surface area contributed by atoms with Gasteiger partial charge in [-0.3, -0.25) is 0 Å². The highest BCUT2D eigenvalue weighted by Gasteiger charge is 2.03. The molecule has 0 heterocycles. The fourth-order valence-electron chi connectivity index (χ4n) is 1.78. The zero-order chi connectivity index (χ0) is 12.0. The second kappa shape index (κ2) is 6.89. The van der Waals surface area contributed by atoms with E-state index in [1.165, 1.54) is 16.7 Å². The van der Waals surface area contributed by atoms with E-state index in [2.05, 4.69) is 37.4 Å². The summed E-state index contributed by atoms with van der Waals surface area (Å²) in [5.74, 6) is 0. The van der Waals surface area contributed by atoms with E-state index in [1.54, 1.807) is 7.11 Å². The summed E-state index contributed by atoms with van der Waals surface area (Å²) < 4.78 is 4.97. The van der Waals surface area contributed by atoms with Gasteiger partial charge in [-0.05, 0) is 19.4 Å². The molecule has 0 radical (unpaired) electrons. The number of ether oxygens (including phenoxy) is 1. The van der Waals surface area contributed by atoms with Crippen molar-refractivity contribution in [2.45, 2.75) is 25.8 Å². The lowest BCUT2D eigenvalue weighted by Gasteiger charge is -2.10. The van der Waals surface area contributed by atoms with Crippen LogP contribution >= 0.6 is 11.6 Å². The minimum atomic E-state index is 0.0379. The second-order valence-electron chi connectivity index (χ2n) is 4.18. The summed E-state index contributed by atoms with van der Waals surface area (Å²) in [5.41, 5.74) is 3.91. The van der Waals surface area contributed by atoms with Crippen molar-refractivity contribution in [3.05, 3.63) is 34.9 Å². The van der Waals surface area contributed by atoms with Crippen LogP contribution in [0, 0.1) is 13.8 Å². The van der Waals surface area contributed by atoms with Gasteiger partial charge in [0.2, 0.25) is 0 Å². The van der Waals surface area contributed by atoms with Crippen molar-refractivity contribution >= 4 is 11.6 Å². The summed E-state index contributed by atoms with van der Waals surface area (Å²) in [6.45, 7) is 6.44. The SMILES string of the molecule is COCC(Cl)CNCc1cc(C)cc(C)c1. The van der Waals surface area contributed by atoms with E-state index in [9.17, 15) is 0 Å². The highest BCUT2D eigenvalue weighted by molar-refractivity contribution is 6.20. The van der Waals surface area contributed by atoms with Crippen LogP contribution < -0.4 is 5.32 Å². The molecule has 90 valence electrons. The molecule has 16 heavy (non-hydrogen) atoms. The number of benzene rings is 1. The van der Waals surface area contributed by atoms with Gasteiger partial charge in [-0.2, -0.15) is 0 Å². The van der Waals surface area contributed by atoms with E-state index >= 15 is 0 Å². The van der Waals surface area contributed by atoms with Crippen molar-refractivity contribution in [1.29, 1.82) is 0 Å². The Kier molecular flexibility index (Phi) is 5.81. The van der Waals surface area contributed by atoms with Crippen molar-refractivity contribution < 1.29 is 4.74 Å². The minimum absolute atomic E-state index is 0.0379. The Morgan fingerprint density at radius 3 is 2.44 bits per heavy atom. The number of aryl methyl sites for hydroxylation is 2. The summed E-state index contributed by atoms with van der Waals surface area (Å²) in [7, 11) is 1.67. The predicted molar refractivity (Wildman–Crippen MR) is 69.1 cm³/mol. The summed E-state index contributed by atoms with van der Waals surface area (Å²) in [4.78, 5) is 0. The molecule has 0 saturated heterocycles.